The monoisotopic (exact) mass is 339 g/mol. The minimum atomic E-state index is -4.34. The van der Waals surface area contributed by atoms with Gasteiger partial charge in [-0.05, 0) is 36.0 Å². The zero-order chi connectivity index (χ0) is 17.3. The van der Waals surface area contributed by atoms with Gasteiger partial charge in [-0.15, -0.1) is 0 Å². The second-order valence-electron chi connectivity index (χ2n) is 6.81. The lowest BCUT2D eigenvalue weighted by Crippen LogP contribution is -2.00. The van der Waals surface area contributed by atoms with E-state index in [2.05, 4.69) is 20.8 Å². The van der Waals surface area contributed by atoms with Crippen molar-refractivity contribution < 1.29 is 13.0 Å². The second-order valence-corrected chi connectivity index (χ2v) is 8.19. The number of benzene rings is 1. The fourth-order valence-electron chi connectivity index (χ4n) is 2.96. The molecular formula is C19H31O3S-. The van der Waals surface area contributed by atoms with Gasteiger partial charge in [-0.2, -0.15) is 0 Å². The van der Waals surface area contributed by atoms with Gasteiger partial charge in [0, 0.05) is 0 Å². The molecule has 0 aliphatic heterocycles. The topological polar surface area (TPSA) is 57.2 Å². The minimum absolute atomic E-state index is 0.144. The van der Waals surface area contributed by atoms with Crippen LogP contribution in [0.4, 0.5) is 0 Å². The van der Waals surface area contributed by atoms with Crippen molar-refractivity contribution >= 4 is 10.1 Å². The fourth-order valence-corrected chi connectivity index (χ4v) is 3.43. The number of unbranched alkanes of at least 4 members (excludes halogenated alkanes) is 3. The van der Waals surface area contributed by atoms with Gasteiger partial charge in [-0.1, -0.05) is 77.8 Å². The van der Waals surface area contributed by atoms with E-state index in [0.29, 0.717) is 5.92 Å². The van der Waals surface area contributed by atoms with Crippen LogP contribution in [-0.4, -0.2) is 13.0 Å². The molecule has 1 aromatic rings. The largest absolute Gasteiger partial charge is 0.744 e. The van der Waals surface area contributed by atoms with Crippen LogP contribution in [0.15, 0.2) is 29.2 Å². The van der Waals surface area contributed by atoms with Gasteiger partial charge in [-0.25, -0.2) is 8.42 Å². The average molecular weight is 340 g/mol. The summed E-state index contributed by atoms with van der Waals surface area (Å²) < 4.78 is 32.8. The van der Waals surface area contributed by atoms with E-state index in [9.17, 15) is 13.0 Å². The molecule has 0 fully saturated rings. The maximum absolute atomic E-state index is 10.9. The van der Waals surface area contributed by atoms with E-state index in [1.807, 2.05) is 0 Å². The van der Waals surface area contributed by atoms with Crippen molar-refractivity contribution in [2.75, 3.05) is 0 Å². The first-order valence-electron chi connectivity index (χ1n) is 8.90. The lowest BCUT2D eigenvalue weighted by atomic mass is 9.92. The van der Waals surface area contributed by atoms with Crippen molar-refractivity contribution in [2.45, 2.75) is 83.0 Å². The third-order valence-corrected chi connectivity index (χ3v) is 5.47. The molecule has 0 bridgehead atoms. The van der Waals surface area contributed by atoms with E-state index < -0.39 is 10.1 Å². The van der Waals surface area contributed by atoms with Gasteiger partial charge in [0.05, 0.1) is 4.90 Å². The molecule has 4 heteroatoms. The van der Waals surface area contributed by atoms with Gasteiger partial charge in [0.25, 0.3) is 0 Å². The summed E-state index contributed by atoms with van der Waals surface area (Å²) in [6.07, 6.45) is 10.2. The Kier molecular flexibility index (Phi) is 8.85. The second kappa shape index (κ2) is 10.1. The molecule has 0 spiro atoms. The molecule has 0 saturated carbocycles. The first-order valence-corrected chi connectivity index (χ1v) is 10.3. The Labute approximate surface area is 142 Å². The highest BCUT2D eigenvalue weighted by molar-refractivity contribution is 7.85. The summed E-state index contributed by atoms with van der Waals surface area (Å²) in [5.74, 6) is 1.22. The maximum atomic E-state index is 10.9. The normalized spacial score (nSPS) is 14.6. The van der Waals surface area contributed by atoms with Gasteiger partial charge < -0.3 is 4.55 Å². The SMILES string of the molecule is CCCCCC(C)CCCCC(C)c1ccc(S(=O)(=O)[O-])cc1. The zero-order valence-corrected chi connectivity index (χ0v) is 15.6. The first kappa shape index (κ1) is 20.2. The Morgan fingerprint density at radius 3 is 1.96 bits per heavy atom. The van der Waals surface area contributed by atoms with Crippen molar-refractivity contribution in [1.82, 2.24) is 0 Å². The summed E-state index contributed by atoms with van der Waals surface area (Å²) in [7, 11) is -4.34. The van der Waals surface area contributed by atoms with Crippen molar-refractivity contribution in [1.29, 1.82) is 0 Å². The van der Waals surface area contributed by atoms with Crippen LogP contribution in [0.5, 0.6) is 0 Å². The molecule has 3 nitrogen and oxygen atoms in total. The Morgan fingerprint density at radius 2 is 1.43 bits per heavy atom. The molecule has 0 N–H and O–H groups in total. The summed E-state index contributed by atoms with van der Waals surface area (Å²) in [5, 5.41) is 0. The van der Waals surface area contributed by atoms with Crippen molar-refractivity contribution in [3.8, 4) is 0 Å². The highest BCUT2D eigenvalue weighted by Gasteiger charge is 2.08. The van der Waals surface area contributed by atoms with Crippen molar-refractivity contribution in [3.05, 3.63) is 29.8 Å². The van der Waals surface area contributed by atoms with Crippen LogP contribution in [0, 0.1) is 5.92 Å². The molecule has 2 unspecified atom stereocenters. The number of hydrogen-bond donors (Lipinski definition) is 0. The van der Waals surface area contributed by atoms with Gasteiger partial charge in [0.1, 0.15) is 10.1 Å². The molecular weight excluding hydrogens is 308 g/mol. The van der Waals surface area contributed by atoms with E-state index >= 15 is 0 Å². The third kappa shape index (κ3) is 7.98. The Morgan fingerprint density at radius 1 is 0.913 bits per heavy atom. The number of hydrogen-bond acceptors (Lipinski definition) is 3. The molecule has 0 aromatic heterocycles. The van der Waals surface area contributed by atoms with Gasteiger partial charge in [0.15, 0.2) is 0 Å². The van der Waals surface area contributed by atoms with Crippen LogP contribution in [0.2, 0.25) is 0 Å². The van der Waals surface area contributed by atoms with Crippen LogP contribution in [-0.2, 0) is 10.1 Å². The van der Waals surface area contributed by atoms with Crippen LogP contribution < -0.4 is 0 Å². The maximum Gasteiger partial charge on any atom is 0.124 e. The van der Waals surface area contributed by atoms with Crippen LogP contribution in [0.25, 0.3) is 0 Å². The highest BCUT2D eigenvalue weighted by Crippen LogP contribution is 2.24. The molecule has 132 valence electrons. The quantitative estimate of drug-likeness (QED) is 0.397. The van der Waals surface area contributed by atoms with Crippen molar-refractivity contribution in [2.24, 2.45) is 5.92 Å². The molecule has 1 aromatic carbocycles. The summed E-state index contributed by atoms with van der Waals surface area (Å²) in [6, 6.07) is 6.37. The lowest BCUT2D eigenvalue weighted by Gasteiger charge is -2.15. The van der Waals surface area contributed by atoms with E-state index in [1.165, 1.54) is 57.1 Å². The molecule has 0 aliphatic carbocycles. The summed E-state index contributed by atoms with van der Waals surface area (Å²) in [4.78, 5) is -0.144. The van der Waals surface area contributed by atoms with E-state index in [1.54, 1.807) is 12.1 Å². The molecule has 0 radical (unpaired) electrons. The predicted molar refractivity (Wildman–Crippen MR) is 94.6 cm³/mol. The highest BCUT2D eigenvalue weighted by atomic mass is 32.2. The van der Waals surface area contributed by atoms with Crippen LogP contribution in [0.3, 0.4) is 0 Å². The number of rotatable bonds is 11. The Hall–Kier alpha value is -0.870. The molecule has 0 amide bonds. The average Bonchev–Trinajstić information content (AvgIpc) is 2.51. The Balaban J connectivity index is 2.30. The van der Waals surface area contributed by atoms with E-state index in [-0.39, 0.29) is 4.90 Å². The predicted octanol–water partition coefficient (Wildman–Crippen LogP) is 5.47. The molecule has 2 atom stereocenters. The Bertz CT molecular complexity index is 534. The summed E-state index contributed by atoms with van der Waals surface area (Å²) in [6.45, 7) is 6.75. The van der Waals surface area contributed by atoms with E-state index in [0.717, 1.165) is 17.9 Å². The summed E-state index contributed by atoms with van der Waals surface area (Å²) >= 11 is 0. The zero-order valence-electron chi connectivity index (χ0n) is 14.8. The molecule has 0 saturated heterocycles. The standard InChI is InChI=1S/C19H32O3S/c1-4-5-6-9-16(2)10-7-8-11-17(3)18-12-14-19(15-13-18)23(20,21)22/h12-17H,4-11H2,1-3H3,(H,20,21,22)/p-1. The fraction of sp³-hybridized carbons (Fsp3) is 0.684. The first-order chi connectivity index (χ1) is 10.8. The van der Waals surface area contributed by atoms with E-state index in [4.69, 9.17) is 0 Å². The molecule has 0 heterocycles. The smallest absolute Gasteiger partial charge is 0.124 e. The summed E-state index contributed by atoms with van der Waals surface area (Å²) in [5.41, 5.74) is 1.10. The van der Waals surface area contributed by atoms with Gasteiger partial charge >= 0.3 is 0 Å². The van der Waals surface area contributed by atoms with Gasteiger partial charge in [0.2, 0.25) is 0 Å². The van der Waals surface area contributed by atoms with Crippen LogP contribution >= 0.6 is 0 Å². The minimum Gasteiger partial charge on any atom is -0.744 e. The molecule has 23 heavy (non-hydrogen) atoms. The van der Waals surface area contributed by atoms with Crippen LogP contribution in [0.1, 0.15) is 83.6 Å². The molecule has 0 aliphatic rings. The third-order valence-electron chi connectivity index (χ3n) is 4.62. The van der Waals surface area contributed by atoms with Gasteiger partial charge in [-0.3, -0.25) is 0 Å². The molecule has 1 rings (SSSR count). The van der Waals surface area contributed by atoms with Crippen molar-refractivity contribution in [3.63, 3.8) is 0 Å². The lowest BCUT2D eigenvalue weighted by molar-refractivity contribution is 0.435.